The number of benzene rings is 1. The molecule has 2 heterocycles. The minimum absolute atomic E-state index is 0.676. The third kappa shape index (κ3) is 1.80. The van der Waals surface area contributed by atoms with Gasteiger partial charge in [0, 0.05) is 23.8 Å². The Morgan fingerprint density at radius 1 is 1.32 bits per heavy atom. The Hall–Kier alpha value is -2.54. The van der Waals surface area contributed by atoms with Crippen LogP contribution in [0.3, 0.4) is 0 Å². The molecule has 0 amide bonds. The zero-order valence-corrected chi connectivity index (χ0v) is 11.0. The van der Waals surface area contributed by atoms with E-state index in [-0.39, 0.29) is 0 Å². The lowest BCUT2D eigenvalue weighted by Gasteiger charge is -2.04. The molecular weight excluding hydrogens is 236 g/mol. The Bertz CT molecular complexity index is 786. The first kappa shape index (κ1) is 11.5. The average Bonchev–Trinajstić information content (AvgIpc) is 3.00. The van der Waals surface area contributed by atoms with E-state index in [4.69, 9.17) is 5.26 Å². The van der Waals surface area contributed by atoms with Gasteiger partial charge in [0.1, 0.15) is 0 Å². The maximum atomic E-state index is 9.03. The molecule has 0 N–H and O–H groups in total. The van der Waals surface area contributed by atoms with Gasteiger partial charge in [0.05, 0.1) is 29.0 Å². The number of nitriles is 1. The quantitative estimate of drug-likeness (QED) is 0.701. The average molecular weight is 250 g/mol. The van der Waals surface area contributed by atoms with Gasteiger partial charge in [-0.3, -0.25) is 4.68 Å². The molecule has 0 radical (unpaired) electrons. The predicted molar refractivity (Wildman–Crippen MR) is 74.2 cm³/mol. The Kier molecular flexibility index (Phi) is 2.60. The van der Waals surface area contributed by atoms with Gasteiger partial charge in [0.15, 0.2) is 0 Å². The second-order valence-corrected chi connectivity index (χ2v) is 4.56. The number of fused-ring (bicyclic) bond motifs is 1. The molecule has 0 aliphatic rings. The fourth-order valence-corrected chi connectivity index (χ4v) is 2.39. The van der Waals surface area contributed by atoms with Crippen LogP contribution in [0, 0.1) is 18.3 Å². The molecule has 0 atom stereocenters. The topological polar surface area (TPSA) is 46.5 Å². The van der Waals surface area contributed by atoms with E-state index in [1.54, 1.807) is 0 Å². The van der Waals surface area contributed by atoms with E-state index in [0.29, 0.717) is 5.56 Å². The molecule has 19 heavy (non-hydrogen) atoms. The maximum Gasteiger partial charge on any atom is 0.0992 e. The molecule has 94 valence electrons. The summed E-state index contributed by atoms with van der Waals surface area (Å²) in [6.45, 7) is 4.97. The lowest BCUT2D eigenvalue weighted by atomic mass is 10.2. The van der Waals surface area contributed by atoms with E-state index >= 15 is 0 Å². The highest BCUT2D eigenvalue weighted by Gasteiger charge is 2.09. The van der Waals surface area contributed by atoms with E-state index in [2.05, 4.69) is 35.6 Å². The molecule has 0 bridgehead atoms. The lowest BCUT2D eigenvalue weighted by Crippen LogP contribution is -1.96. The second-order valence-electron chi connectivity index (χ2n) is 4.56. The van der Waals surface area contributed by atoms with Gasteiger partial charge < -0.3 is 4.57 Å². The molecule has 0 saturated heterocycles. The van der Waals surface area contributed by atoms with Crippen molar-refractivity contribution in [3.63, 3.8) is 0 Å². The number of nitrogens with zero attached hydrogens (tertiary/aromatic N) is 4. The third-order valence-corrected chi connectivity index (χ3v) is 3.32. The van der Waals surface area contributed by atoms with Gasteiger partial charge in [-0.2, -0.15) is 10.4 Å². The van der Waals surface area contributed by atoms with Crippen LogP contribution in [-0.2, 0) is 6.54 Å². The molecule has 0 saturated carbocycles. The number of hydrogen-bond acceptors (Lipinski definition) is 2. The van der Waals surface area contributed by atoms with Crippen molar-refractivity contribution in [1.82, 2.24) is 14.3 Å². The van der Waals surface area contributed by atoms with Gasteiger partial charge in [-0.05, 0) is 32.0 Å². The van der Waals surface area contributed by atoms with Gasteiger partial charge in [0.2, 0.25) is 0 Å². The first-order valence-corrected chi connectivity index (χ1v) is 6.28. The van der Waals surface area contributed by atoms with Crippen LogP contribution in [0.2, 0.25) is 0 Å². The fraction of sp³-hybridized carbons (Fsp3) is 0.200. The Morgan fingerprint density at radius 3 is 2.84 bits per heavy atom. The third-order valence-electron chi connectivity index (χ3n) is 3.32. The van der Waals surface area contributed by atoms with E-state index in [1.165, 1.54) is 0 Å². The van der Waals surface area contributed by atoms with Crippen molar-refractivity contribution in [2.24, 2.45) is 0 Å². The minimum Gasteiger partial charge on any atom is -0.311 e. The summed E-state index contributed by atoms with van der Waals surface area (Å²) in [5, 5.41) is 14.5. The second kappa shape index (κ2) is 4.29. The van der Waals surface area contributed by atoms with Gasteiger partial charge in [-0.15, -0.1) is 0 Å². The largest absolute Gasteiger partial charge is 0.311 e. The summed E-state index contributed by atoms with van der Waals surface area (Å²) in [7, 11) is 0. The molecule has 3 rings (SSSR count). The molecule has 0 spiro atoms. The summed E-state index contributed by atoms with van der Waals surface area (Å²) in [4.78, 5) is 0. The van der Waals surface area contributed by atoms with Crippen molar-refractivity contribution < 1.29 is 0 Å². The molecule has 1 aromatic carbocycles. The van der Waals surface area contributed by atoms with Crippen molar-refractivity contribution in [2.75, 3.05) is 0 Å². The minimum atomic E-state index is 0.676. The maximum absolute atomic E-state index is 9.03. The van der Waals surface area contributed by atoms with Crippen LogP contribution in [0.15, 0.2) is 36.7 Å². The number of aromatic nitrogens is 3. The van der Waals surface area contributed by atoms with Crippen molar-refractivity contribution in [2.45, 2.75) is 20.4 Å². The summed E-state index contributed by atoms with van der Waals surface area (Å²) in [5.41, 5.74) is 3.90. The van der Waals surface area contributed by atoms with E-state index in [9.17, 15) is 0 Å². The molecule has 3 aromatic rings. The zero-order valence-electron chi connectivity index (χ0n) is 11.0. The van der Waals surface area contributed by atoms with Crippen LogP contribution >= 0.6 is 0 Å². The van der Waals surface area contributed by atoms with Gasteiger partial charge >= 0.3 is 0 Å². The summed E-state index contributed by atoms with van der Waals surface area (Å²) < 4.78 is 4.03. The fourth-order valence-electron chi connectivity index (χ4n) is 2.39. The van der Waals surface area contributed by atoms with Crippen molar-refractivity contribution >= 4 is 10.9 Å². The number of rotatable bonds is 2. The highest BCUT2D eigenvalue weighted by Crippen LogP contribution is 2.24. The molecule has 0 aliphatic heterocycles. The summed E-state index contributed by atoms with van der Waals surface area (Å²) in [5.74, 6) is 0. The van der Waals surface area contributed by atoms with Crippen molar-refractivity contribution in [1.29, 1.82) is 5.26 Å². The van der Waals surface area contributed by atoms with E-state index in [1.807, 2.05) is 35.3 Å². The number of hydrogen-bond donors (Lipinski definition) is 0. The molecule has 0 fully saturated rings. The Morgan fingerprint density at radius 2 is 2.16 bits per heavy atom. The standard InChI is InChI=1S/C15H14N4/c1-3-18-10-14(9-17-18)19-11(2)6-13-5-4-12(8-16)7-15(13)19/h4-7,9-10H,3H2,1-2H3. The van der Waals surface area contributed by atoms with Crippen LogP contribution < -0.4 is 0 Å². The normalized spacial score (nSPS) is 10.8. The Balaban J connectivity index is 2.27. The molecule has 2 aromatic heterocycles. The zero-order chi connectivity index (χ0) is 13.4. The molecule has 4 heteroatoms. The first-order valence-electron chi connectivity index (χ1n) is 6.28. The van der Waals surface area contributed by atoms with Gasteiger partial charge in [-0.25, -0.2) is 0 Å². The van der Waals surface area contributed by atoms with Crippen LogP contribution in [-0.4, -0.2) is 14.3 Å². The Labute approximate surface area is 111 Å². The monoisotopic (exact) mass is 250 g/mol. The summed E-state index contributed by atoms with van der Waals surface area (Å²) in [6, 6.07) is 10.1. The molecular formula is C15H14N4. The smallest absolute Gasteiger partial charge is 0.0992 e. The van der Waals surface area contributed by atoms with Crippen LogP contribution in [0.25, 0.3) is 16.6 Å². The van der Waals surface area contributed by atoms with Crippen LogP contribution in [0.5, 0.6) is 0 Å². The predicted octanol–water partition coefficient (Wildman–Crippen LogP) is 3.03. The van der Waals surface area contributed by atoms with Gasteiger partial charge in [-0.1, -0.05) is 6.07 Å². The molecule has 0 aliphatic carbocycles. The lowest BCUT2D eigenvalue weighted by molar-refractivity contribution is 0.659. The number of aryl methyl sites for hydroxylation is 2. The highest BCUT2D eigenvalue weighted by molar-refractivity contribution is 5.84. The van der Waals surface area contributed by atoms with Crippen LogP contribution in [0.4, 0.5) is 0 Å². The molecule has 4 nitrogen and oxygen atoms in total. The van der Waals surface area contributed by atoms with Crippen molar-refractivity contribution in [3.05, 3.63) is 47.9 Å². The van der Waals surface area contributed by atoms with Gasteiger partial charge in [0.25, 0.3) is 0 Å². The summed E-state index contributed by atoms with van der Waals surface area (Å²) >= 11 is 0. The van der Waals surface area contributed by atoms with E-state index < -0.39 is 0 Å². The highest BCUT2D eigenvalue weighted by atomic mass is 15.3. The summed E-state index contributed by atoms with van der Waals surface area (Å²) in [6.07, 6.45) is 3.88. The molecule has 0 unspecified atom stereocenters. The van der Waals surface area contributed by atoms with Crippen molar-refractivity contribution in [3.8, 4) is 11.8 Å². The SMILES string of the molecule is CCn1cc(-n2c(C)cc3ccc(C#N)cc32)cn1. The first-order chi connectivity index (χ1) is 9.22. The van der Waals surface area contributed by atoms with Crippen LogP contribution in [0.1, 0.15) is 18.2 Å². The van der Waals surface area contributed by atoms with E-state index in [0.717, 1.165) is 28.8 Å².